The van der Waals surface area contributed by atoms with Crippen LogP contribution in [0.1, 0.15) is 36.0 Å². The van der Waals surface area contributed by atoms with Crippen LogP contribution in [0.5, 0.6) is 0 Å². The number of amides is 2. The number of carboxylic acids is 1. The number of anilines is 1. The molecule has 0 saturated carbocycles. The van der Waals surface area contributed by atoms with Crippen LogP contribution < -0.4 is 10.6 Å². The zero-order valence-corrected chi connectivity index (χ0v) is 15.0. The minimum absolute atomic E-state index is 0.0387. The number of hydrogen-bond acceptors (Lipinski definition) is 5. The maximum Gasteiger partial charge on any atom is 0.311 e. The molecule has 8 nitrogen and oxygen atoms in total. The van der Waals surface area contributed by atoms with Gasteiger partial charge in [-0.3, -0.25) is 14.4 Å². The zero-order valence-electron chi connectivity index (χ0n) is 15.0. The Morgan fingerprint density at radius 2 is 1.96 bits per heavy atom. The van der Waals surface area contributed by atoms with Crippen molar-refractivity contribution in [1.29, 1.82) is 0 Å². The summed E-state index contributed by atoms with van der Waals surface area (Å²) in [5.41, 5.74) is -0.144. The van der Waals surface area contributed by atoms with E-state index >= 15 is 0 Å². The minimum Gasteiger partial charge on any atom is -0.481 e. The van der Waals surface area contributed by atoms with E-state index in [1.807, 2.05) is 0 Å². The van der Waals surface area contributed by atoms with Crippen LogP contribution in [0, 0.1) is 5.41 Å². The van der Waals surface area contributed by atoms with Gasteiger partial charge in [0, 0.05) is 37.6 Å². The van der Waals surface area contributed by atoms with Gasteiger partial charge in [-0.05, 0) is 43.9 Å². The highest BCUT2D eigenvalue weighted by atomic mass is 16.5. The number of ether oxygens (including phenoxy) is 2. The van der Waals surface area contributed by atoms with Crippen molar-refractivity contribution in [2.24, 2.45) is 5.41 Å². The maximum absolute atomic E-state index is 12.5. The third kappa shape index (κ3) is 4.64. The van der Waals surface area contributed by atoms with Gasteiger partial charge in [0.2, 0.25) is 0 Å². The highest BCUT2D eigenvalue weighted by molar-refractivity contribution is 5.98. The minimum atomic E-state index is -1.00. The molecule has 1 aromatic rings. The van der Waals surface area contributed by atoms with E-state index in [1.165, 1.54) is 0 Å². The van der Waals surface area contributed by atoms with Crippen LogP contribution in [0.15, 0.2) is 24.3 Å². The summed E-state index contributed by atoms with van der Waals surface area (Å²) in [5.74, 6) is -1.53. The summed E-state index contributed by atoms with van der Waals surface area (Å²) in [4.78, 5) is 36.3. The van der Waals surface area contributed by atoms with Gasteiger partial charge in [-0.25, -0.2) is 0 Å². The lowest BCUT2D eigenvalue weighted by molar-refractivity contribution is -0.154. The van der Waals surface area contributed by atoms with Gasteiger partial charge in [0.15, 0.2) is 0 Å². The molecule has 2 saturated heterocycles. The number of hydrogen-bond donors (Lipinski definition) is 3. The van der Waals surface area contributed by atoms with Crippen molar-refractivity contribution in [1.82, 2.24) is 5.32 Å². The lowest BCUT2D eigenvalue weighted by Gasteiger charge is -2.33. The fourth-order valence-electron chi connectivity index (χ4n) is 3.33. The Hall–Kier alpha value is -2.45. The predicted octanol–water partition coefficient (Wildman–Crippen LogP) is 1.42. The van der Waals surface area contributed by atoms with Gasteiger partial charge < -0.3 is 25.2 Å². The average molecular weight is 376 g/mol. The summed E-state index contributed by atoms with van der Waals surface area (Å²) in [6.07, 6.45) is 1.82. The molecule has 2 aliphatic rings. The molecule has 27 heavy (non-hydrogen) atoms. The quantitative estimate of drug-likeness (QED) is 0.692. The first-order valence-corrected chi connectivity index (χ1v) is 9.12. The van der Waals surface area contributed by atoms with Crippen LogP contribution in [0.4, 0.5) is 5.69 Å². The van der Waals surface area contributed by atoms with Gasteiger partial charge in [-0.15, -0.1) is 0 Å². The Kier molecular flexibility index (Phi) is 6.08. The molecule has 8 heteroatoms. The maximum atomic E-state index is 12.5. The number of carbonyl (C=O) groups excluding carboxylic acids is 2. The molecular weight excluding hydrogens is 352 g/mol. The molecule has 0 spiro atoms. The van der Waals surface area contributed by atoms with Gasteiger partial charge in [0.05, 0.1) is 5.41 Å². The summed E-state index contributed by atoms with van der Waals surface area (Å²) in [6, 6.07) is 6.55. The SMILES string of the molecule is O=C(NCC1(C(=O)O)CCOCC1)c1cccc(NC(=O)C2CCCO2)c1. The highest BCUT2D eigenvalue weighted by Gasteiger charge is 2.40. The standard InChI is InChI=1S/C19H24N2O6/c22-16(20-12-19(18(24)25)6-9-26-10-7-19)13-3-1-4-14(11-13)21-17(23)15-5-2-8-27-15/h1,3-4,11,15H,2,5-10,12H2,(H,20,22)(H,21,23)(H,24,25). The second-order valence-electron chi connectivity index (χ2n) is 6.95. The van der Waals surface area contributed by atoms with E-state index in [-0.39, 0.29) is 18.4 Å². The Balaban J connectivity index is 1.61. The van der Waals surface area contributed by atoms with Gasteiger partial charge in [-0.1, -0.05) is 6.07 Å². The summed E-state index contributed by atoms with van der Waals surface area (Å²) in [5, 5.41) is 15.0. The Labute approximate surface area is 157 Å². The van der Waals surface area contributed by atoms with Crippen molar-refractivity contribution in [3.05, 3.63) is 29.8 Å². The number of nitrogens with one attached hydrogen (secondary N) is 2. The molecule has 3 N–H and O–H groups in total. The van der Waals surface area contributed by atoms with E-state index in [2.05, 4.69) is 10.6 Å². The third-order valence-electron chi connectivity index (χ3n) is 5.11. The topological polar surface area (TPSA) is 114 Å². The van der Waals surface area contributed by atoms with Crippen LogP contribution >= 0.6 is 0 Å². The van der Waals surface area contributed by atoms with Gasteiger partial charge >= 0.3 is 5.97 Å². The van der Waals surface area contributed by atoms with Crippen molar-refractivity contribution in [2.45, 2.75) is 31.8 Å². The molecule has 1 atom stereocenters. The lowest BCUT2D eigenvalue weighted by atomic mass is 9.80. The Bertz CT molecular complexity index is 708. The molecule has 3 rings (SSSR count). The fourth-order valence-corrected chi connectivity index (χ4v) is 3.33. The molecule has 0 aromatic heterocycles. The molecule has 0 aliphatic carbocycles. The summed E-state index contributed by atoms with van der Waals surface area (Å²) >= 11 is 0. The van der Waals surface area contributed by atoms with Crippen LogP contribution in [0.3, 0.4) is 0 Å². The molecule has 2 heterocycles. The van der Waals surface area contributed by atoms with E-state index in [9.17, 15) is 19.5 Å². The first-order valence-electron chi connectivity index (χ1n) is 9.12. The van der Waals surface area contributed by atoms with Gasteiger partial charge in [-0.2, -0.15) is 0 Å². The number of rotatable bonds is 6. The van der Waals surface area contributed by atoms with E-state index in [0.717, 1.165) is 6.42 Å². The van der Waals surface area contributed by atoms with Crippen molar-refractivity contribution < 1.29 is 29.0 Å². The van der Waals surface area contributed by atoms with Crippen molar-refractivity contribution in [3.8, 4) is 0 Å². The smallest absolute Gasteiger partial charge is 0.311 e. The van der Waals surface area contributed by atoms with Crippen LogP contribution in [-0.2, 0) is 19.1 Å². The molecule has 2 amide bonds. The average Bonchev–Trinajstić information content (AvgIpc) is 3.22. The van der Waals surface area contributed by atoms with Gasteiger partial charge in [0.25, 0.3) is 11.8 Å². The molecule has 1 aromatic carbocycles. The highest BCUT2D eigenvalue weighted by Crippen LogP contribution is 2.30. The first-order chi connectivity index (χ1) is 13.0. The Morgan fingerprint density at radius 1 is 1.19 bits per heavy atom. The zero-order chi connectivity index (χ0) is 19.3. The van der Waals surface area contributed by atoms with Crippen LogP contribution in [-0.4, -0.2) is 55.4 Å². The second-order valence-corrected chi connectivity index (χ2v) is 6.95. The van der Waals surface area contributed by atoms with E-state index < -0.39 is 17.5 Å². The van der Waals surface area contributed by atoms with Crippen molar-refractivity contribution in [2.75, 3.05) is 31.7 Å². The third-order valence-corrected chi connectivity index (χ3v) is 5.11. The van der Waals surface area contributed by atoms with E-state index in [4.69, 9.17) is 9.47 Å². The fraction of sp³-hybridized carbons (Fsp3) is 0.526. The molecule has 146 valence electrons. The molecule has 2 fully saturated rings. The van der Waals surface area contributed by atoms with Crippen LogP contribution in [0.25, 0.3) is 0 Å². The number of carboxylic acid groups (broad SMARTS) is 1. The lowest BCUT2D eigenvalue weighted by Crippen LogP contribution is -2.46. The number of aliphatic carboxylic acids is 1. The predicted molar refractivity (Wildman–Crippen MR) is 96.5 cm³/mol. The molecule has 2 aliphatic heterocycles. The van der Waals surface area contributed by atoms with Crippen LogP contribution in [0.2, 0.25) is 0 Å². The Morgan fingerprint density at radius 3 is 2.63 bits per heavy atom. The first kappa shape index (κ1) is 19.3. The molecule has 0 radical (unpaired) electrons. The molecular formula is C19H24N2O6. The van der Waals surface area contributed by atoms with E-state index in [0.29, 0.717) is 50.3 Å². The van der Waals surface area contributed by atoms with Gasteiger partial charge in [0.1, 0.15) is 6.10 Å². The normalized spacial score (nSPS) is 21.4. The van der Waals surface area contributed by atoms with Crippen molar-refractivity contribution >= 4 is 23.5 Å². The molecule has 0 bridgehead atoms. The number of carbonyl (C=O) groups is 3. The summed E-state index contributed by atoms with van der Waals surface area (Å²) in [6.45, 7) is 1.35. The summed E-state index contributed by atoms with van der Waals surface area (Å²) in [7, 11) is 0. The molecule has 1 unspecified atom stereocenters. The summed E-state index contributed by atoms with van der Waals surface area (Å²) < 4.78 is 10.6. The van der Waals surface area contributed by atoms with Crippen molar-refractivity contribution in [3.63, 3.8) is 0 Å². The monoisotopic (exact) mass is 376 g/mol. The second kappa shape index (κ2) is 8.49. The van der Waals surface area contributed by atoms with E-state index in [1.54, 1.807) is 24.3 Å². The largest absolute Gasteiger partial charge is 0.481 e. The number of benzene rings is 1.